The van der Waals surface area contributed by atoms with Crippen LogP contribution in [0.5, 0.6) is 0 Å². The highest BCUT2D eigenvalue weighted by Gasteiger charge is 2.31. The Morgan fingerprint density at radius 1 is 1.12 bits per heavy atom. The predicted molar refractivity (Wildman–Crippen MR) is 68.5 cm³/mol. The molecule has 8 heteroatoms. The van der Waals surface area contributed by atoms with Crippen LogP contribution in [-0.4, -0.2) is 26.6 Å². The minimum atomic E-state index is -1.76. The standard InChI is InChI=1S/C9H13Cl3N4O/c1-4-13-7-15-5(8(2,3)17)14-6(16-7)9(10,11)12/h17H,4H2,1-3H3,(H,13,14,15,16). The Morgan fingerprint density at radius 3 is 2.06 bits per heavy atom. The Hall–Kier alpha value is -0.360. The lowest BCUT2D eigenvalue weighted by atomic mass is 10.1. The molecule has 0 aliphatic heterocycles. The van der Waals surface area contributed by atoms with Gasteiger partial charge in [-0.3, -0.25) is 0 Å². The summed E-state index contributed by atoms with van der Waals surface area (Å²) in [7, 11) is 0. The molecule has 0 atom stereocenters. The van der Waals surface area contributed by atoms with Gasteiger partial charge in [0.1, 0.15) is 5.60 Å². The summed E-state index contributed by atoms with van der Waals surface area (Å²) < 4.78 is -1.76. The smallest absolute Gasteiger partial charge is 0.250 e. The van der Waals surface area contributed by atoms with Gasteiger partial charge >= 0.3 is 0 Å². The van der Waals surface area contributed by atoms with Gasteiger partial charge in [-0.2, -0.15) is 9.97 Å². The number of rotatable bonds is 3. The van der Waals surface area contributed by atoms with Crippen LogP contribution in [0.2, 0.25) is 0 Å². The van der Waals surface area contributed by atoms with E-state index in [-0.39, 0.29) is 17.6 Å². The number of halogens is 3. The van der Waals surface area contributed by atoms with Crippen molar-refractivity contribution in [1.82, 2.24) is 15.0 Å². The second kappa shape index (κ2) is 5.10. The first-order valence-electron chi connectivity index (χ1n) is 4.94. The normalized spacial score (nSPS) is 12.6. The molecule has 1 aromatic rings. The summed E-state index contributed by atoms with van der Waals surface area (Å²) in [4.78, 5) is 12.0. The maximum absolute atomic E-state index is 9.86. The van der Waals surface area contributed by atoms with Crippen LogP contribution < -0.4 is 5.32 Å². The molecule has 17 heavy (non-hydrogen) atoms. The third-order valence-electron chi connectivity index (χ3n) is 1.77. The van der Waals surface area contributed by atoms with Crippen LogP contribution in [0.4, 0.5) is 5.95 Å². The number of alkyl halides is 3. The van der Waals surface area contributed by atoms with E-state index < -0.39 is 9.39 Å². The lowest BCUT2D eigenvalue weighted by Gasteiger charge is -2.18. The van der Waals surface area contributed by atoms with E-state index >= 15 is 0 Å². The van der Waals surface area contributed by atoms with E-state index in [1.54, 1.807) is 13.8 Å². The fourth-order valence-electron chi connectivity index (χ4n) is 1.01. The Labute approximate surface area is 115 Å². The van der Waals surface area contributed by atoms with Crippen molar-refractivity contribution in [3.8, 4) is 0 Å². The van der Waals surface area contributed by atoms with Gasteiger partial charge in [0, 0.05) is 6.54 Å². The molecule has 1 rings (SSSR count). The zero-order chi connectivity index (χ0) is 13.3. The molecular formula is C9H13Cl3N4O. The topological polar surface area (TPSA) is 70.9 Å². The molecule has 0 aliphatic carbocycles. The number of aromatic nitrogens is 3. The van der Waals surface area contributed by atoms with Crippen LogP contribution in [0.25, 0.3) is 0 Å². The van der Waals surface area contributed by atoms with E-state index in [1.165, 1.54) is 0 Å². The molecule has 0 bridgehead atoms. The van der Waals surface area contributed by atoms with Crippen LogP contribution >= 0.6 is 34.8 Å². The minimum Gasteiger partial charge on any atom is -0.382 e. The van der Waals surface area contributed by atoms with Gasteiger partial charge in [-0.05, 0) is 20.8 Å². The van der Waals surface area contributed by atoms with E-state index in [2.05, 4.69) is 20.3 Å². The molecule has 0 saturated heterocycles. The van der Waals surface area contributed by atoms with Crippen molar-refractivity contribution < 1.29 is 5.11 Å². The summed E-state index contributed by atoms with van der Waals surface area (Å²) in [5.41, 5.74) is -1.24. The van der Waals surface area contributed by atoms with Crippen molar-refractivity contribution in [2.24, 2.45) is 0 Å². The molecule has 0 radical (unpaired) electrons. The van der Waals surface area contributed by atoms with Gasteiger partial charge in [0.2, 0.25) is 9.74 Å². The lowest BCUT2D eigenvalue weighted by molar-refractivity contribution is 0.0683. The summed E-state index contributed by atoms with van der Waals surface area (Å²) in [5.74, 6) is 0.385. The summed E-state index contributed by atoms with van der Waals surface area (Å²) in [6.45, 7) is 5.57. The predicted octanol–water partition coefficient (Wildman–Crippen LogP) is 2.36. The molecule has 0 saturated carbocycles. The summed E-state index contributed by atoms with van der Waals surface area (Å²) >= 11 is 17.2. The zero-order valence-corrected chi connectivity index (χ0v) is 11.9. The van der Waals surface area contributed by atoms with Gasteiger partial charge in [-0.25, -0.2) is 4.98 Å². The average Bonchev–Trinajstić information content (AvgIpc) is 2.15. The van der Waals surface area contributed by atoms with E-state index in [4.69, 9.17) is 34.8 Å². The van der Waals surface area contributed by atoms with Gasteiger partial charge in [0.15, 0.2) is 11.6 Å². The Balaban J connectivity index is 3.29. The van der Waals surface area contributed by atoms with E-state index in [9.17, 15) is 5.11 Å². The Morgan fingerprint density at radius 2 is 1.65 bits per heavy atom. The first-order chi connectivity index (χ1) is 7.64. The van der Waals surface area contributed by atoms with E-state index in [1.807, 2.05) is 6.92 Å². The molecule has 2 N–H and O–H groups in total. The fraction of sp³-hybridized carbons (Fsp3) is 0.667. The molecule has 0 aliphatic rings. The van der Waals surface area contributed by atoms with Crippen molar-refractivity contribution in [2.75, 3.05) is 11.9 Å². The van der Waals surface area contributed by atoms with Crippen molar-refractivity contribution in [2.45, 2.75) is 30.2 Å². The number of hydrogen-bond acceptors (Lipinski definition) is 5. The molecule has 0 aromatic carbocycles. The largest absolute Gasteiger partial charge is 0.382 e. The molecular weight excluding hydrogens is 286 g/mol. The first kappa shape index (κ1) is 14.7. The van der Waals surface area contributed by atoms with Crippen molar-refractivity contribution >= 4 is 40.8 Å². The first-order valence-corrected chi connectivity index (χ1v) is 6.08. The SMILES string of the molecule is CCNc1nc(C(C)(C)O)nc(C(Cl)(Cl)Cl)n1. The van der Waals surface area contributed by atoms with Gasteiger partial charge in [-0.15, -0.1) is 0 Å². The Bertz CT molecular complexity index is 368. The molecule has 96 valence electrons. The minimum absolute atomic E-state index is 0.0226. The third-order valence-corrected chi connectivity index (χ3v) is 2.28. The molecule has 0 fully saturated rings. The second-order valence-corrected chi connectivity index (χ2v) is 6.17. The van der Waals surface area contributed by atoms with Gasteiger partial charge in [0.05, 0.1) is 0 Å². The number of anilines is 1. The van der Waals surface area contributed by atoms with Crippen LogP contribution in [0.15, 0.2) is 0 Å². The monoisotopic (exact) mass is 298 g/mol. The maximum atomic E-state index is 9.86. The number of hydrogen-bond donors (Lipinski definition) is 2. The molecule has 0 unspecified atom stereocenters. The highest BCUT2D eigenvalue weighted by atomic mass is 35.6. The summed E-state index contributed by atoms with van der Waals surface area (Å²) in [5, 5.41) is 12.7. The van der Waals surface area contributed by atoms with Crippen LogP contribution in [0, 0.1) is 0 Å². The number of aliphatic hydroxyl groups is 1. The number of nitrogens with zero attached hydrogens (tertiary/aromatic N) is 3. The van der Waals surface area contributed by atoms with Crippen LogP contribution in [-0.2, 0) is 9.39 Å². The van der Waals surface area contributed by atoms with Gasteiger partial charge < -0.3 is 10.4 Å². The fourth-order valence-corrected chi connectivity index (χ4v) is 1.27. The third kappa shape index (κ3) is 4.10. The van der Waals surface area contributed by atoms with Crippen molar-refractivity contribution in [3.05, 3.63) is 11.6 Å². The zero-order valence-electron chi connectivity index (χ0n) is 9.63. The lowest BCUT2D eigenvalue weighted by Crippen LogP contribution is -2.24. The Kier molecular flexibility index (Phi) is 4.41. The summed E-state index contributed by atoms with van der Waals surface area (Å²) in [6, 6.07) is 0. The highest BCUT2D eigenvalue weighted by molar-refractivity contribution is 6.66. The average molecular weight is 300 g/mol. The van der Waals surface area contributed by atoms with Gasteiger partial charge in [-0.1, -0.05) is 34.8 Å². The highest BCUT2D eigenvalue weighted by Crippen LogP contribution is 2.36. The van der Waals surface area contributed by atoms with Gasteiger partial charge in [0.25, 0.3) is 0 Å². The quantitative estimate of drug-likeness (QED) is 0.838. The van der Waals surface area contributed by atoms with E-state index in [0.29, 0.717) is 6.54 Å². The van der Waals surface area contributed by atoms with E-state index in [0.717, 1.165) is 0 Å². The van der Waals surface area contributed by atoms with Crippen LogP contribution in [0.3, 0.4) is 0 Å². The molecule has 1 heterocycles. The summed E-state index contributed by atoms with van der Waals surface area (Å²) in [6.07, 6.45) is 0. The molecule has 0 amide bonds. The number of nitrogens with one attached hydrogen (secondary N) is 1. The van der Waals surface area contributed by atoms with Crippen molar-refractivity contribution in [3.63, 3.8) is 0 Å². The molecule has 5 nitrogen and oxygen atoms in total. The van der Waals surface area contributed by atoms with Crippen molar-refractivity contribution in [1.29, 1.82) is 0 Å². The molecule has 0 spiro atoms. The second-order valence-electron chi connectivity index (χ2n) is 3.89. The van der Waals surface area contributed by atoms with Crippen LogP contribution in [0.1, 0.15) is 32.4 Å². The maximum Gasteiger partial charge on any atom is 0.250 e. The molecule has 1 aromatic heterocycles.